The number of hydrogen-bond donors (Lipinski definition) is 1. The van der Waals surface area contributed by atoms with E-state index in [4.69, 9.17) is 12.2 Å². The van der Waals surface area contributed by atoms with E-state index in [2.05, 4.69) is 9.97 Å². The van der Waals surface area contributed by atoms with Crippen molar-refractivity contribution in [2.24, 2.45) is 0 Å². The standard InChI is InChI=1S/C11H11N3OS/c1-8-3-2-4-9(12-8)7-14-6-5-10(15)13-11(14)16/h2-6H,7H2,1H3,(H,13,15,16). The number of rotatable bonds is 2. The van der Waals surface area contributed by atoms with E-state index in [1.165, 1.54) is 6.07 Å². The molecule has 2 aromatic heterocycles. The Morgan fingerprint density at radius 1 is 1.44 bits per heavy atom. The molecule has 0 spiro atoms. The normalized spacial score (nSPS) is 10.3. The quantitative estimate of drug-likeness (QED) is 0.802. The molecule has 82 valence electrons. The summed E-state index contributed by atoms with van der Waals surface area (Å²) in [6.45, 7) is 2.51. The summed E-state index contributed by atoms with van der Waals surface area (Å²) in [7, 11) is 0. The minimum Gasteiger partial charge on any atom is -0.319 e. The second-order valence-electron chi connectivity index (χ2n) is 3.51. The van der Waals surface area contributed by atoms with Crippen molar-refractivity contribution in [3.8, 4) is 0 Å². The Kier molecular flexibility index (Phi) is 2.96. The van der Waals surface area contributed by atoms with Gasteiger partial charge < -0.3 is 4.57 Å². The van der Waals surface area contributed by atoms with Crippen molar-refractivity contribution in [2.45, 2.75) is 13.5 Å². The lowest BCUT2D eigenvalue weighted by Crippen LogP contribution is -2.12. The van der Waals surface area contributed by atoms with Crippen LogP contribution in [0.15, 0.2) is 35.3 Å². The molecular formula is C11H11N3OS. The molecule has 2 heterocycles. The molecule has 4 nitrogen and oxygen atoms in total. The van der Waals surface area contributed by atoms with E-state index in [-0.39, 0.29) is 5.56 Å². The maximum atomic E-state index is 11.0. The minimum absolute atomic E-state index is 0.182. The zero-order valence-electron chi connectivity index (χ0n) is 8.80. The number of hydrogen-bond acceptors (Lipinski definition) is 3. The van der Waals surface area contributed by atoms with E-state index in [0.717, 1.165) is 11.4 Å². The molecule has 0 saturated heterocycles. The Morgan fingerprint density at radius 3 is 2.94 bits per heavy atom. The number of nitrogens with zero attached hydrogens (tertiary/aromatic N) is 2. The summed E-state index contributed by atoms with van der Waals surface area (Å²) in [5.74, 6) is 0. The third-order valence-electron chi connectivity index (χ3n) is 2.18. The molecule has 0 amide bonds. The molecule has 0 aliphatic rings. The topological polar surface area (TPSA) is 50.7 Å². The van der Waals surface area contributed by atoms with Crippen LogP contribution in [-0.2, 0) is 6.54 Å². The average Bonchev–Trinajstić information content (AvgIpc) is 2.22. The molecule has 1 N–H and O–H groups in total. The SMILES string of the molecule is Cc1cccc(Cn2ccc(=O)[nH]c2=S)n1. The molecule has 2 rings (SSSR count). The van der Waals surface area contributed by atoms with Crippen molar-refractivity contribution in [3.05, 3.63) is 57.0 Å². The van der Waals surface area contributed by atoms with E-state index >= 15 is 0 Å². The van der Waals surface area contributed by atoms with Gasteiger partial charge in [0, 0.05) is 18.0 Å². The molecule has 0 saturated carbocycles. The molecule has 0 radical (unpaired) electrons. The van der Waals surface area contributed by atoms with Gasteiger partial charge in [-0.2, -0.15) is 0 Å². The van der Waals surface area contributed by atoms with Crippen LogP contribution in [0.3, 0.4) is 0 Å². The second-order valence-corrected chi connectivity index (χ2v) is 3.90. The average molecular weight is 233 g/mol. The van der Waals surface area contributed by atoms with E-state index in [1.807, 2.05) is 25.1 Å². The smallest absolute Gasteiger partial charge is 0.251 e. The second kappa shape index (κ2) is 4.40. The fraction of sp³-hybridized carbons (Fsp3) is 0.182. The highest BCUT2D eigenvalue weighted by Crippen LogP contribution is 2.01. The van der Waals surface area contributed by atoms with E-state index in [9.17, 15) is 4.79 Å². The molecule has 16 heavy (non-hydrogen) atoms. The fourth-order valence-corrected chi connectivity index (χ4v) is 1.66. The van der Waals surface area contributed by atoms with Gasteiger partial charge in [-0.15, -0.1) is 0 Å². The van der Waals surface area contributed by atoms with E-state index in [0.29, 0.717) is 11.3 Å². The van der Waals surface area contributed by atoms with Gasteiger partial charge in [0.2, 0.25) is 0 Å². The summed E-state index contributed by atoms with van der Waals surface area (Å²) in [5.41, 5.74) is 1.70. The Hall–Kier alpha value is -1.75. The van der Waals surface area contributed by atoms with Crippen LogP contribution in [0.25, 0.3) is 0 Å². The first-order valence-corrected chi connectivity index (χ1v) is 5.28. The summed E-state index contributed by atoms with van der Waals surface area (Å²) in [6, 6.07) is 7.27. The number of aromatic nitrogens is 3. The van der Waals surface area contributed by atoms with Gasteiger partial charge >= 0.3 is 0 Å². The predicted octanol–water partition coefficient (Wildman–Crippen LogP) is 1.66. The molecule has 0 aromatic carbocycles. The first kappa shape index (κ1) is 10.8. The Bertz CT molecular complexity index is 615. The highest BCUT2D eigenvalue weighted by molar-refractivity contribution is 7.71. The number of aryl methyl sites for hydroxylation is 1. The third-order valence-corrected chi connectivity index (χ3v) is 2.51. The van der Waals surface area contributed by atoms with Crippen LogP contribution < -0.4 is 5.56 Å². The van der Waals surface area contributed by atoms with Crippen LogP contribution in [0.4, 0.5) is 0 Å². The molecule has 0 aliphatic heterocycles. The lowest BCUT2D eigenvalue weighted by atomic mass is 10.3. The fourth-order valence-electron chi connectivity index (χ4n) is 1.43. The Morgan fingerprint density at radius 2 is 2.25 bits per heavy atom. The predicted molar refractivity (Wildman–Crippen MR) is 64.0 cm³/mol. The van der Waals surface area contributed by atoms with Crippen LogP contribution in [0.5, 0.6) is 0 Å². The number of aromatic amines is 1. The molecular weight excluding hydrogens is 222 g/mol. The Labute approximate surface area is 97.6 Å². The van der Waals surface area contributed by atoms with Gasteiger partial charge in [0.05, 0.1) is 12.2 Å². The first-order valence-electron chi connectivity index (χ1n) is 4.87. The van der Waals surface area contributed by atoms with Crippen molar-refractivity contribution in [1.29, 1.82) is 0 Å². The summed E-state index contributed by atoms with van der Waals surface area (Å²) in [5, 5.41) is 0. The molecule has 0 bridgehead atoms. The Balaban J connectivity index is 2.34. The van der Waals surface area contributed by atoms with Gasteiger partial charge in [-0.1, -0.05) is 6.07 Å². The van der Waals surface area contributed by atoms with Crippen LogP contribution >= 0.6 is 12.2 Å². The summed E-state index contributed by atoms with van der Waals surface area (Å²) < 4.78 is 2.19. The van der Waals surface area contributed by atoms with Crippen LogP contribution in [-0.4, -0.2) is 14.5 Å². The van der Waals surface area contributed by atoms with Gasteiger partial charge in [-0.05, 0) is 31.3 Å². The third kappa shape index (κ3) is 2.43. The van der Waals surface area contributed by atoms with Crippen LogP contribution in [0.2, 0.25) is 0 Å². The van der Waals surface area contributed by atoms with Crippen LogP contribution in [0.1, 0.15) is 11.4 Å². The highest BCUT2D eigenvalue weighted by atomic mass is 32.1. The summed E-state index contributed by atoms with van der Waals surface area (Å²) >= 11 is 5.05. The van der Waals surface area contributed by atoms with Crippen LogP contribution in [0, 0.1) is 11.7 Å². The number of pyridine rings is 1. The van der Waals surface area contributed by atoms with Crippen molar-refractivity contribution in [3.63, 3.8) is 0 Å². The van der Waals surface area contributed by atoms with Crippen molar-refractivity contribution in [1.82, 2.24) is 14.5 Å². The lowest BCUT2D eigenvalue weighted by molar-refractivity contribution is 0.725. The summed E-state index contributed by atoms with van der Waals surface area (Å²) in [6.07, 6.45) is 1.67. The van der Waals surface area contributed by atoms with Gasteiger partial charge in [-0.3, -0.25) is 14.8 Å². The van der Waals surface area contributed by atoms with Gasteiger partial charge in [0.15, 0.2) is 4.77 Å². The zero-order valence-corrected chi connectivity index (χ0v) is 9.62. The highest BCUT2D eigenvalue weighted by Gasteiger charge is 1.97. The molecule has 0 aliphatic carbocycles. The lowest BCUT2D eigenvalue weighted by Gasteiger charge is -2.05. The maximum absolute atomic E-state index is 11.0. The van der Waals surface area contributed by atoms with Gasteiger partial charge in [0.1, 0.15) is 0 Å². The monoisotopic (exact) mass is 233 g/mol. The van der Waals surface area contributed by atoms with Crippen molar-refractivity contribution >= 4 is 12.2 Å². The van der Waals surface area contributed by atoms with E-state index < -0.39 is 0 Å². The summed E-state index contributed by atoms with van der Waals surface area (Å²) in [4.78, 5) is 17.9. The number of H-pyrrole nitrogens is 1. The molecule has 2 aromatic rings. The van der Waals surface area contributed by atoms with Crippen molar-refractivity contribution in [2.75, 3.05) is 0 Å². The van der Waals surface area contributed by atoms with Crippen molar-refractivity contribution < 1.29 is 0 Å². The number of nitrogens with one attached hydrogen (secondary N) is 1. The van der Waals surface area contributed by atoms with Gasteiger partial charge in [-0.25, -0.2) is 0 Å². The molecule has 0 atom stereocenters. The largest absolute Gasteiger partial charge is 0.319 e. The zero-order chi connectivity index (χ0) is 11.5. The first-order chi connectivity index (χ1) is 7.65. The van der Waals surface area contributed by atoms with E-state index in [1.54, 1.807) is 10.8 Å². The minimum atomic E-state index is -0.182. The molecule has 0 fully saturated rings. The van der Waals surface area contributed by atoms with Gasteiger partial charge in [0.25, 0.3) is 5.56 Å². The molecule has 0 unspecified atom stereocenters. The molecule has 5 heteroatoms. The maximum Gasteiger partial charge on any atom is 0.251 e.